The molecular weight excluding hydrogens is 271 g/mol. The highest BCUT2D eigenvalue weighted by atomic mass is 35.5. The molecule has 1 unspecified atom stereocenters. The fraction of sp³-hybridized carbons (Fsp3) is 0.462. The Hall–Kier alpha value is -0.930. The molecule has 5 heteroatoms. The van der Waals surface area contributed by atoms with Crippen molar-refractivity contribution in [2.24, 2.45) is 0 Å². The molecule has 18 heavy (non-hydrogen) atoms. The van der Waals surface area contributed by atoms with Gasteiger partial charge in [0.05, 0.1) is 0 Å². The van der Waals surface area contributed by atoms with Crippen LogP contribution >= 0.6 is 23.2 Å². The molecule has 1 aromatic carbocycles. The van der Waals surface area contributed by atoms with Gasteiger partial charge in [-0.15, -0.1) is 0 Å². The third-order valence-corrected chi connectivity index (χ3v) is 2.57. The van der Waals surface area contributed by atoms with Gasteiger partial charge in [0.2, 0.25) is 5.91 Å². The van der Waals surface area contributed by atoms with Gasteiger partial charge in [0.25, 0.3) is 0 Å². The molecule has 0 aliphatic rings. The predicted octanol–water partition coefficient (Wildman–Crippen LogP) is 3.71. The van der Waals surface area contributed by atoms with Crippen LogP contribution in [0.4, 0.5) is 5.69 Å². The second kappa shape index (κ2) is 5.81. The number of carbonyl (C=O) groups excluding carboxylic acids is 1. The van der Waals surface area contributed by atoms with Crippen LogP contribution in [0, 0.1) is 0 Å². The summed E-state index contributed by atoms with van der Waals surface area (Å²) in [4.78, 5) is 11.9. The molecule has 1 atom stereocenters. The van der Waals surface area contributed by atoms with E-state index in [1.165, 1.54) is 0 Å². The van der Waals surface area contributed by atoms with Gasteiger partial charge in [-0.3, -0.25) is 4.79 Å². The Bertz CT molecular complexity index is 421. The number of carbonyl (C=O) groups is 1. The Morgan fingerprint density at radius 2 is 1.67 bits per heavy atom. The van der Waals surface area contributed by atoms with E-state index in [4.69, 9.17) is 23.2 Å². The first-order chi connectivity index (χ1) is 8.17. The van der Waals surface area contributed by atoms with Crippen LogP contribution in [0.2, 0.25) is 10.0 Å². The maximum atomic E-state index is 11.9. The third-order valence-electron chi connectivity index (χ3n) is 2.14. The van der Waals surface area contributed by atoms with Gasteiger partial charge in [-0.25, -0.2) is 0 Å². The van der Waals surface area contributed by atoms with Crippen molar-refractivity contribution in [3.63, 3.8) is 0 Å². The van der Waals surface area contributed by atoms with E-state index in [2.05, 4.69) is 10.6 Å². The highest BCUT2D eigenvalue weighted by molar-refractivity contribution is 6.35. The summed E-state index contributed by atoms with van der Waals surface area (Å²) < 4.78 is 0. The molecular formula is C13H18Cl2N2O. The third kappa shape index (κ3) is 5.15. The van der Waals surface area contributed by atoms with Crippen LogP contribution in [0.5, 0.6) is 0 Å². The number of nitrogens with one attached hydrogen (secondary N) is 2. The fourth-order valence-electron chi connectivity index (χ4n) is 1.43. The average Bonchev–Trinajstić information content (AvgIpc) is 2.12. The van der Waals surface area contributed by atoms with E-state index in [1.807, 2.05) is 20.8 Å². The predicted molar refractivity (Wildman–Crippen MR) is 77.4 cm³/mol. The van der Waals surface area contributed by atoms with Crippen LogP contribution in [-0.2, 0) is 4.79 Å². The van der Waals surface area contributed by atoms with Crippen molar-refractivity contribution in [2.75, 3.05) is 5.32 Å². The average molecular weight is 289 g/mol. The van der Waals surface area contributed by atoms with Crippen molar-refractivity contribution >= 4 is 34.8 Å². The van der Waals surface area contributed by atoms with Gasteiger partial charge < -0.3 is 10.6 Å². The first kappa shape index (κ1) is 15.1. The molecule has 3 nitrogen and oxygen atoms in total. The van der Waals surface area contributed by atoms with Crippen LogP contribution in [0.3, 0.4) is 0 Å². The standard InChI is InChI=1S/C13H18Cl2N2O/c1-8(12(18)17-13(2,3)4)16-11-6-9(14)5-10(15)7-11/h5-8,16H,1-4H3,(H,17,18). The molecule has 0 fully saturated rings. The molecule has 0 heterocycles. The lowest BCUT2D eigenvalue weighted by Gasteiger charge is -2.24. The monoisotopic (exact) mass is 288 g/mol. The Morgan fingerprint density at radius 3 is 2.11 bits per heavy atom. The highest BCUT2D eigenvalue weighted by Gasteiger charge is 2.19. The van der Waals surface area contributed by atoms with Crippen LogP contribution in [-0.4, -0.2) is 17.5 Å². The summed E-state index contributed by atoms with van der Waals surface area (Å²) in [5.74, 6) is -0.0707. The Kier molecular flexibility index (Phi) is 4.88. The molecule has 100 valence electrons. The van der Waals surface area contributed by atoms with E-state index in [-0.39, 0.29) is 17.5 Å². The topological polar surface area (TPSA) is 41.1 Å². The van der Waals surface area contributed by atoms with Crippen molar-refractivity contribution in [3.8, 4) is 0 Å². The maximum absolute atomic E-state index is 11.9. The van der Waals surface area contributed by atoms with Crippen LogP contribution in [0.1, 0.15) is 27.7 Å². The zero-order valence-corrected chi connectivity index (χ0v) is 12.5. The number of rotatable bonds is 3. The lowest BCUT2D eigenvalue weighted by atomic mass is 10.1. The Labute approximate surface area is 118 Å². The molecule has 0 aliphatic carbocycles. The van der Waals surface area contributed by atoms with Crippen LogP contribution < -0.4 is 10.6 Å². The lowest BCUT2D eigenvalue weighted by molar-refractivity contribution is -0.122. The first-order valence-electron chi connectivity index (χ1n) is 5.72. The fourth-order valence-corrected chi connectivity index (χ4v) is 1.96. The van der Waals surface area contributed by atoms with E-state index in [0.717, 1.165) is 5.69 Å². The summed E-state index contributed by atoms with van der Waals surface area (Å²) in [6, 6.07) is 4.75. The quantitative estimate of drug-likeness (QED) is 0.890. The summed E-state index contributed by atoms with van der Waals surface area (Å²) in [5, 5.41) is 7.04. The van der Waals surface area contributed by atoms with Gasteiger partial charge in [-0.1, -0.05) is 23.2 Å². The molecule has 0 radical (unpaired) electrons. The second-order valence-electron chi connectivity index (χ2n) is 5.26. The van der Waals surface area contributed by atoms with Crippen LogP contribution in [0.15, 0.2) is 18.2 Å². The van der Waals surface area contributed by atoms with Crippen molar-refractivity contribution < 1.29 is 4.79 Å². The molecule has 2 N–H and O–H groups in total. The van der Waals surface area contributed by atoms with Crippen LogP contribution in [0.25, 0.3) is 0 Å². The number of anilines is 1. The molecule has 0 aromatic heterocycles. The van der Waals surface area contributed by atoms with Crippen molar-refractivity contribution in [1.82, 2.24) is 5.32 Å². The van der Waals surface area contributed by atoms with E-state index < -0.39 is 0 Å². The molecule has 0 bridgehead atoms. The number of halogens is 2. The number of hydrogen-bond acceptors (Lipinski definition) is 2. The van der Waals surface area contributed by atoms with E-state index in [1.54, 1.807) is 25.1 Å². The van der Waals surface area contributed by atoms with Gasteiger partial charge in [-0.05, 0) is 45.9 Å². The largest absolute Gasteiger partial charge is 0.374 e. The minimum absolute atomic E-state index is 0.0707. The zero-order chi connectivity index (χ0) is 13.9. The second-order valence-corrected chi connectivity index (χ2v) is 6.14. The van der Waals surface area contributed by atoms with Crippen molar-refractivity contribution in [3.05, 3.63) is 28.2 Å². The summed E-state index contributed by atoms with van der Waals surface area (Å²) >= 11 is 11.8. The molecule has 1 aromatic rings. The van der Waals surface area contributed by atoms with E-state index >= 15 is 0 Å². The highest BCUT2D eigenvalue weighted by Crippen LogP contribution is 2.22. The minimum Gasteiger partial charge on any atom is -0.374 e. The maximum Gasteiger partial charge on any atom is 0.242 e. The molecule has 0 saturated heterocycles. The van der Waals surface area contributed by atoms with Crippen molar-refractivity contribution in [1.29, 1.82) is 0 Å². The number of benzene rings is 1. The van der Waals surface area contributed by atoms with E-state index in [0.29, 0.717) is 10.0 Å². The number of hydrogen-bond donors (Lipinski definition) is 2. The lowest BCUT2D eigenvalue weighted by Crippen LogP contribution is -2.47. The van der Waals surface area contributed by atoms with Crippen molar-refractivity contribution in [2.45, 2.75) is 39.3 Å². The van der Waals surface area contributed by atoms with Gasteiger partial charge in [-0.2, -0.15) is 0 Å². The van der Waals surface area contributed by atoms with Gasteiger partial charge in [0.15, 0.2) is 0 Å². The Balaban J connectivity index is 2.69. The summed E-state index contributed by atoms with van der Waals surface area (Å²) in [6.07, 6.45) is 0. The molecule has 1 amide bonds. The molecule has 1 rings (SSSR count). The molecule has 0 spiro atoms. The smallest absolute Gasteiger partial charge is 0.242 e. The first-order valence-corrected chi connectivity index (χ1v) is 6.47. The van der Waals surface area contributed by atoms with Gasteiger partial charge in [0.1, 0.15) is 6.04 Å². The zero-order valence-electron chi connectivity index (χ0n) is 11.0. The van der Waals surface area contributed by atoms with Gasteiger partial charge in [0, 0.05) is 21.3 Å². The number of amides is 1. The van der Waals surface area contributed by atoms with Gasteiger partial charge >= 0.3 is 0 Å². The van der Waals surface area contributed by atoms with E-state index in [9.17, 15) is 4.79 Å². The Morgan fingerprint density at radius 1 is 1.17 bits per heavy atom. The summed E-state index contributed by atoms with van der Waals surface area (Å²) in [5.41, 5.74) is 0.475. The summed E-state index contributed by atoms with van der Waals surface area (Å²) in [6.45, 7) is 7.60. The minimum atomic E-state index is -0.362. The summed E-state index contributed by atoms with van der Waals surface area (Å²) in [7, 11) is 0. The molecule has 0 saturated carbocycles. The SMILES string of the molecule is CC(Nc1cc(Cl)cc(Cl)c1)C(=O)NC(C)(C)C. The normalized spacial score (nSPS) is 13.0. The molecule has 0 aliphatic heterocycles.